The zero-order chi connectivity index (χ0) is 20.8. The molecule has 2 aromatic carbocycles. The highest BCUT2D eigenvalue weighted by Gasteiger charge is 2.11. The van der Waals surface area contributed by atoms with Crippen molar-refractivity contribution in [3.8, 4) is 11.5 Å². The number of halogens is 1. The molecule has 0 saturated heterocycles. The molecule has 0 aliphatic carbocycles. The fourth-order valence-corrected chi connectivity index (χ4v) is 3.21. The maximum absolute atomic E-state index is 6.33. The lowest BCUT2D eigenvalue weighted by atomic mass is 10.2. The Hall–Kier alpha value is -2.84. The molecule has 0 atom stereocenters. The topological polar surface area (TPSA) is 80.3 Å². The van der Waals surface area contributed by atoms with Crippen LogP contribution in [0.5, 0.6) is 11.5 Å². The molecule has 0 radical (unpaired) electrons. The van der Waals surface area contributed by atoms with Gasteiger partial charge in [0.25, 0.3) is 0 Å². The van der Waals surface area contributed by atoms with E-state index in [1.165, 1.54) is 11.9 Å². The van der Waals surface area contributed by atoms with Gasteiger partial charge in [0.15, 0.2) is 5.82 Å². The van der Waals surface area contributed by atoms with Gasteiger partial charge in [0.1, 0.15) is 16.5 Å². The normalized spacial score (nSPS) is 10.4. The SMILES string of the molecule is COc1ccc(Nc2nc(Nc3cccc(OC)c3C)ncc2Cl)c(NSC)c1. The number of rotatable bonds is 8. The molecule has 29 heavy (non-hydrogen) atoms. The number of hydrogen-bond acceptors (Lipinski definition) is 8. The van der Waals surface area contributed by atoms with E-state index >= 15 is 0 Å². The molecule has 0 aliphatic rings. The molecule has 3 rings (SSSR count). The molecule has 0 unspecified atom stereocenters. The standard InChI is InChI=1S/C20H22ClN5O2S/c1-12-15(6-5-7-18(12)28-3)24-20-22-11-14(21)19(25-20)23-16-9-8-13(27-2)10-17(16)26-29-4/h5-11,26H,1-4H3,(H2,22,23,24,25). The average Bonchev–Trinajstić information content (AvgIpc) is 2.73. The summed E-state index contributed by atoms with van der Waals surface area (Å²) in [6, 6.07) is 11.4. The number of ether oxygens (including phenoxy) is 2. The molecule has 9 heteroatoms. The first kappa shape index (κ1) is 20.9. The Labute approximate surface area is 179 Å². The highest BCUT2D eigenvalue weighted by atomic mass is 35.5. The molecular formula is C20H22ClN5O2S. The highest BCUT2D eigenvalue weighted by molar-refractivity contribution is 7.99. The van der Waals surface area contributed by atoms with Crippen LogP contribution in [0.3, 0.4) is 0 Å². The van der Waals surface area contributed by atoms with Crippen LogP contribution in [0.4, 0.5) is 28.8 Å². The van der Waals surface area contributed by atoms with Gasteiger partial charge in [0, 0.05) is 23.6 Å². The summed E-state index contributed by atoms with van der Waals surface area (Å²) < 4.78 is 13.9. The lowest BCUT2D eigenvalue weighted by Crippen LogP contribution is -2.04. The van der Waals surface area contributed by atoms with Crippen LogP contribution in [0, 0.1) is 6.92 Å². The van der Waals surface area contributed by atoms with Crippen molar-refractivity contribution in [2.24, 2.45) is 0 Å². The van der Waals surface area contributed by atoms with E-state index in [-0.39, 0.29) is 0 Å². The molecular weight excluding hydrogens is 410 g/mol. The molecule has 3 N–H and O–H groups in total. The summed E-state index contributed by atoms with van der Waals surface area (Å²) in [6.45, 7) is 1.97. The first-order valence-electron chi connectivity index (χ1n) is 8.73. The minimum atomic E-state index is 0.406. The first-order chi connectivity index (χ1) is 14.0. The van der Waals surface area contributed by atoms with E-state index in [0.717, 1.165) is 34.1 Å². The van der Waals surface area contributed by atoms with Crippen LogP contribution in [0.2, 0.25) is 5.02 Å². The minimum absolute atomic E-state index is 0.406. The molecule has 0 amide bonds. The predicted molar refractivity (Wildman–Crippen MR) is 121 cm³/mol. The lowest BCUT2D eigenvalue weighted by Gasteiger charge is -2.15. The van der Waals surface area contributed by atoms with Crippen LogP contribution in [-0.4, -0.2) is 30.4 Å². The molecule has 0 aliphatic heterocycles. The van der Waals surface area contributed by atoms with Crippen molar-refractivity contribution in [1.29, 1.82) is 0 Å². The smallest absolute Gasteiger partial charge is 0.229 e. The van der Waals surface area contributed by atoms with Crippen LogP contribution >= 0.6 is 23.5 Å². The third-order valence-corrected chi connectivity index (χ3v) is 4.89. The summed E-state index contributed by atoms with van der Waals surface area (Å²) in [4.78, 5) is 8.82. The molecule has 1 heterocycles. The number of nitrogens with one attached hydrogen (secondary N) is 3. The molecule has 7 nitrogen and oxygen atoms in total. The van der Waals surface area contributed by atoms with Gasteiger partial charge in [-0.2, -0.15) is 4.98 Å². The highest BCUT2D eigenvalue weighted by Crippen LogP contribution is 2.33. The van der Waals surface area contributed by atoms with Gasteiger partial charge in [0.2, 0.25) is 5.95 Å². The predicted octanol–water partition coefficient (Wildman–Crippen LogP) is 5.63. The van der Waals surface area contributed by atoms with Gasteiger partial charge in [-0.1, -0.05) is 29.6 Å². The van der Waals surface area contributed by atoms with Crippen molar-refractivity contribution in [2.75, 3.05) is 35.8 Å². The van der Waals surface area contributed by atoms with E-state index < -0.39 is 0 Å². The summed E-state index contributed by atoms with van der Waals surface area (Å²) in [6.07, 6.45) is 3.50. The summed E-state index contributed by atoms with van der Waals surface area (Å²) in [5, 5.41) is 6.89. The summed E-state index contributed by atoms with van der Waals surface area (Å²) in [5.74, 6) is 2.44. The van der Waals surface area contributed by atoms with Crippen LogP contribution in [-0.2, 0) is 0 Å². The fraction of sp³-hybridized carbons (Fsp3) is 0.200. The van der Waals surface area contributed by atoms with Gasteiger partial charge in [-0.3, -0.25) is 0 Å². The Morgan fingerprint density at radius 1 is 1.00 bits per heavy atom. The Bertz CT molecular complexity index is 1000. The van der Waals surface area contributed by atoms with Crippen molar-refractivity contribution < 1.29 is 9.47 Å². The average molecular weight is 432 g/mol. The zero-order valence-electron chi connectivity index (χ0n) is 16.5. The van der Waals surface area contributed by atoms with Crippen LogP contribution < -0.4 is 24.8 Å². The second-order valence-electron chi connectivity index (χ2n) is 5.99. The maximum atomic E-state index is 6.33. The maximum Gasteiger partial charge on any atom is 0.229 e. The minimum Gasteiger partial charge on any atom is -0.497 e. The second-order valence-corrected chi connectivity index (χ2v) is 7.01. The molecule has 1 aromatic heterocycles. The van der Waals surface area contributed by atoms with E-state index in [1.807, 2.05) is 49.6 Å². The van der Waals surface area contributed by atoms with Gasteiger partial charge >= 0.3 is 0 Å². The van der Waals surface area contributed by atoms with Crippen molar-refractivity contribution in [1.82, 2.24) is 9.97 Å². The Kier molecular flexibility index (Phi) is 6.90. The van der Waals surface area contributed by atoms with E-state index in [9.17, 15) is 0 Å². The number of hydrogen-bond donors (Lipinski definition) is 3. The third-order valence-electron chi connectivity index (χ3n) is 4.19. The molecule has 3 aromatic rings. The van der Waals surface area contributed by atoms with Crippen molar-refractivity contribution >= 4 is 52.4 Å². The van der Waals surface area contributed by atoms with Crippen molar-refractivity contribution in [2.45, 2.75) is 6.92 Å². The van der Waals surface area contributed by atoms with Gasteiger partial charge in [0.05, 0.1) is 31.8 Å². The van der Waals surface area contributed by atoms with Gasteiger partial charge in [-0.15, -0.1) is 0 Å². The first-order valence-corrected chi connectivity index (χ1v) is 10.3. The molecule has 0 fully saturated rings. The second kappa shape index (κ2) is 9.58. The van der Waals surface area contributed by atoms with Gasteiger partial charge in [-0.05, 0) is 31.2 Å². The largest absolute Gasteiger partial charge is 0.497 e. The van der Waals surface area contributed by atoms with Crippen LogP contribution in [0.25, 0.3) is 0 Å². The van der Waals surface area contributed by atoms with Gasteiger partial charge < -0.3 is 24.8 Å². The summed E-state index contributed by atoms with van der Waals surface area (Å²) in [5.41, 5.74) is 3.48. The van der Waals surface area contributed by atoms with E-state index in [1.54, 1.807) is 20.4 Å². The number of aromatic nitrogens is 2. The van der Waals surface area contributed by atoms with Crippen LogP contribution in [0.15, 0.2) is 42.6 Å². The lowest BCUT2D eigenvalue weighted by molar-refractivity contribution is 0.412. The number of methoxy groups -OCH3 is 2. The van der Waals surface area contributed by atoms with Gasteiger partial charge in [-0.25, -0.2) is 4.98 Å². The molecule has 152 valence electrons. The third kappa shape index (κ3) is 4.96. The quantitative estimate of drug-likeness (QED) is 0.396. The summed E-state index contributed by atoms with van der Waals surface area (Å²) >= 11 is 7.81. The molecule has 0 bridgehead atoms. The Balaban J connectivity index is 1.89. The van der Waals surface area contributed by atoms with Crippen molar-refractivity contribution in [3.05, 3.63) is 53.2 Å². The summed E-state index contributed by atoms with van der Waals surface area (Å²) in [7, 11) is 3.27. The number of benzene rings is 2. The zero-order valence-corrected chi connectivity index (χ0v) is 18.1. The number of anilines is 5. The monoisotopic (exact) mass is 431 g/mol. The Morgan fingerprint density at radius 2 is 1.83 bits per heavy atom. The van der Waals surface area contributed by atoms with Crippen LogP contribution in [0.1, 0.15) is 5.56 Å². The number of nitrogens with zero attached hydrogens (tertiary/aromatic N) is 2. The Morgan fingerprint density at radius 3 is 2.55 bits per heavy atom. The van der Waals surface area contributed by atoms with E-state index in [2.05, 4.69) is 25.3 Å². The van der Waals surface area contributed by atoms with Crippen molar-refractivity contribution in [3.63, 3.8) is 0 Å². The van der Waals surface area contributed by atoms with E-state index in [4.69, 9.17) is 21.1 Å². The molecule has 0 spiro atoms. The fourth-order valence-electron chi connectivity index (χ4n) is 2.69. The molecule has 0 saturated carbocycles. The van der Waals surface area contributed by atoms with E-state index in [0.29, 0.717) is 16.8 Å².